The van der Waals surface area contributed by atoms with E-state index >= 15 is 0 Å². The second kappa shape index (κ2) is 3.06. The molecule has 1 aromatic heterocycles. The smallest absolute Gasteiger partial charge is 0.358 e. The molecular weight excluding hydrogens is 186 g/mol. The first kappa shape index (κ1) is 9.14. The van der Waals surface area contributed by atoms with E-state index in [2.05, 4.69) is 10.3 Å². The number of nitrogens with zero attached hydrogens (tertiary/aromatic N) is 3. The second-order valence-electron chi connectivity index (χ2n) is 3.59. The Hall–Kier alpha value is -1.43. The van der Waals surface area contributed by atoms with Crippen molar-refractivity contribution in [3.8, 4) is 0 Å². The maximum absolute atomic E-state index is 10.6. The summed E-state index contributed by atoms with van der Waals surface area (Å²) in [7, 11) is 0. The standard InChI is InChI=1S/C8H11N3O3/c12-5-8(2-1-3-8)11-4-6(7(13)14)9-10-11/h4,12H,1-3,5H2,(H,13,14). The van der Waals surface area contributed by atoms with E-state index in [1.54, 1.807) is 0 Å². The molecule has 6 heteroatoms. The maximum atomic E-state index is 10.6. The summed E-state index contributed by atoms with van der Waals surface area (Å²) in [5.41, 5.74) is -0.481. The van der Waals surface area contributed by atoms with E-state index in [4.69, 9.17) is 5.11 Å². The van der Waals surface area contributed by atoms with Crippen LogP contribution in [-0.2, 0) is 5.54 Å². The van der Waals surface area contributed by atoms with E-state index in [-0.39, 0.29) is 12.3 Å². The molecule has 0 aromatic carbocycles. The van der Waals surface area contributed by atoms with Crippen LogP contribution in [0.1, 0.15) is 29.8 Å². The first-order valence-electron chi connectivity index (χ1n) is 4.45. The van der Waals surface area contributed by atoms with Gasteiger partial charge in [0.25, 0.3) is 0 Å². The molecule has 1 heterocycles. The molecular formula is C8H11N3O3. The zero-order chi connectivity index (χ0) is 10.2. The highest BCUT2D eigenvalue weighted by Crippen LogP contribution is 2.37. The number of carboxylic acid groups (broad SMARTS) is 1. The average Bonchev–Trinajstić information content (AvgIpc) is 2.52. The SMILES string of the molecule is O=C(O)c1cn(C2(CO)CCC2)nn1. The van der Waals surface area contributed by atoms with Crippen LogP contribution in [0, 0.1) is 0 Å². The van der Waals surface area contributed by atoms with Gasteiger partial charge in [0.2, 0.25) is 0 Å². The Balaban J connectivity index is 2.27. The number of aromatic carboxylic acids is 1. The van der Waals surface area contributed by atoms with Crippen LogP contribution in [-0.4, -0.2) is 37.8 Å². The molecule has 0 aliphatic heterocycles. The highest BCUT2D eigenvalue weighted by molar-refractivity contribution is 5.84. The Bertz CT molecular complexity index is 351. The van der Waals surface area contributed by atoms with Gasteiger partial charge in [-0.15, -0.1) is 5.10 Å². The summed E-state index contributed by atoms with van der Waals surface area (Å²) in [5.74, 6) is -1.09. The van der Waals surface area contributed by atoms with Gasteiger partial charge in [0.05, 0.1) is 18.3 Å². The zero-order valence-corrected chi connectivity index (χ0v) is 7.55. The van der Waals surface area contributed by atoms with Crippen LogP contribution in [0.4, 0.5) is 0 Å². The van der Waals surface area contributed by atoms with Crippen molar-refractivity contribution >= 4 is 5.97 Å². The van der Waals surface area contributed by atoms with Crippen LogP contribution in [0.15, 0.2) is 6.20 Å². The zero-order valence-electron chi connectivity index (χ0n) is 7.55. The lowest BCUT2D eigenvalue weighted by atomic mass is 9.77. The fraction of sp³-hybridized carbons (Fsp3) is 0.625. The predicted molar refractivity (Wildman–Crippen MR) is 45.9 cm³/mol. The van der Waals surface area contributed by atoms with Gasteiger partial charge in [0.1, 0.15) is 0 Å². The van der Waals surface area contributed by atoms with Crippen molar-refractivity contribution < 1.29 is 15.0 Å². The van der Waals surface area contributed by atoms with E-state index in [0.717, 1.165) is 19.3 Å². The molecule has 2 rings (SSSR count). The highest BCUT2D eigenvalue weighted by atomic mass is 16.4. The monoisotopic (exact) mass is 197 g/mol. The van der Waals surface area contributed by atoms with Gasteiger partial charge in [0.15, 0.2) is 5.69 Å². The van der Waals surface area contributed by atoms with Gasteiger partial charge in [-0.25, -0.2) is 9.48 Å². The summed E-state index contributed by atoms with van der Waals surface area (Å²) in [6.07, 6.45) is 4.05. The third-order valence-corrected chi connectivity index (χ3v) is 2.78. The summed E-state index contributed by atoms with van der Waals surface area (Å²) in [6, 6.07) is 0. The largest absolute Gasteiger partial charge is 0.476 e. The summed E-state index contributed by atoms with van der Waals surface area (Å²) in [4.78, 5) is 10.6. The van der Waals surface area contributed by atoms with Crippen molar-refractivity contribution in [3.63, 3.8) is 0 Å². The van der Waals surface area contributed by atoms with Gasteiger partial charge in [-0.05, 0) is 19.3 Å². The third kappa shape index (κ3) is 1.19. The number of hydrogen-bond acceptors (Lipinski definition) is 4. The number of hydrogen-bond donors (Lipinski definition) is 2. The first-order chi connectivity index (χ1) is 6.68. The Kier molecular flexibility index (Phi) is 1.99. The van der Waals surface area contributed by atoms with Crippen molar-refractivity contribution in [2.75, 3.05) is 6.61 Å². The van der Waals surface area contributed by atoms with Gasteiger partial charge < -0.3 is 10.2 Å². The van der Waals surface area contributed by atoms with Crippen LogP contribution in [0.2, 0.25) is 0 Å². The molecule has 0 spiro atoms. The first-order valence-corrected chi connectivity index (χ1v) is 4.45. The van der Waals surface area contributed by atoms with Gasteiger partial charge in [0, 0.05) is 0 Å². The Morgan fingerprint density at radius 2 is 2.36 bits per heavy atom. The molecule has 0 radical (unpaired) electrons. The van der Waals surface area contributed by atoms with E-state index in [1.807, 2.05) is 0 Å². The molecule has 0 amide bonds. The Labute approximate surface area is 80.2 Å². The lowest BCUT2D eigenvalue weighted by Gasteiger charge is -2.39. The molecule has 0 atom stereocenters. The van der Waals surface area contributed by atoms with Crippen LogP contribution in [0.3, 0.4) is 0 Å². The van der Waals surface area contributed by atoms with Gasteiger partial charge in [-0.2, -0.15) is 0 Å². The number of rotatable bonds is 3. The van der Waals surface area contributed by atoms with Crippen LogP contribution in [0.25, 0.3) is 0 Å². The topological polar surface area (TPSA) is 88.2 Å². The van der Waals surface area contributed by atoms with Crippen molar-refractivity contribution in [1.82, 2.24) is 15.0 Å². The number of aliphatic hydroxyl groups is 1. The lowest BCUT2D eigenvalue weighted by Crippen LogP contribution is -2.44. The highest BCUT2D eigenvalue weighted by Gasteiger charge is 2.39. The molecule has 1 aliphatic rings. The minimum atomic E-state index is -1.09. The van der Waals surface area contributed by atoms with Gasteiger partial charge >= 0.3 is 5.97 Å². The minimum absolute atomic E-state index is 0.0184. The van der Waals surface area contributed by atoms with E-state index in [9.17, 15) is 9.90 Å². The van der Waals surface area contributed by atoms with Crippen molar-refractivity contribution in [2.24, 2.45) is 0 Å². The quantitative estimate of drug-likeness (QED) is 0.703. The van der Waals surface area contributed by atoms with Gasteiger partial charge in [-0.1, -0.05) is 5.21 Å². The van der Waals surface area contributed by atoms with Crippen molar-refractivity contribution in [3.05, 3.63) is 11.9 Å². The number of aromatic nitrogens is 3. The number of aliphatic hydroxyl groups excluding tert-OH is 1. The van der Waals surface area contributed by atoms with Crippen LogP contribution >= 0.6 is 0 Å². The maximum Gasteiger partial charge on any atom is 0.358 e. The van der Waals surface area contributed by atoms with E-state index in [1.165, 1.54) is 10.9 Å². The Morgan fingerprint density at radius 3 is 2.71 bits per heavy atom. The summed E-state index contributed by atoms with van der Waals surface area (Å²) in [6.45, 7) is -0.0184. The van der Waals surface area contributed by atoms with Crippen LogP contribution in [0.5, 0.6) is 0 Å². The van der Waals surface area contributed by atoms with Crippen molar-refractivity contribution in [2.45, 2.75) is 24.8 Å². The molecule has 0 bridgehead atoms. The molecule has 1 aromatic rings. The van der Waals surface area contributed by atoms with E-state index < -0.39 is 11.5 Å². The lowest BCUT2D eigenvalue weighted by molar-refractivity contribution is 0.0420. The molecule has 1 fully saturated rings. The average molecular weight is 197 g/mol. The summed E-state index contributed by atoms with van der Waals surface area (Å²) in [5, 5.41) is 25.1. The normalized spacial score (nSPS) is 18.9. The van der Waals surface area contributed by atoms with Crippen LogP contribution < -0.4 is 0 Å². The fourth-order valence-corrected chi connectivity index (χ4v) is 1.64. The molecule has 2 N–H and O–H groups in total. The second-order valence-corrected chi connectivity index (χ2v) is 3.59. The molecule has 0 unspecified atom stereocenters. The molecule has 76 valence electrons. The molecule has 0 saturated heterocycles. The van der Waals surface area contributed by atoms with Crippen molar-refractivity contribution in [1.29, 1.82) is 0 Å². The van der Waals surface area contributed by atoms with Gasteiger partial charge in [-0.3, -0.25) is 0 Å². The third-order valence-electron chi connectivity index (χ3n) is 2.78. The predicted octanol–water partition coefficient (Wildman–Crippen LogP) is -0.152. The van der Waals surface area contributed by atoms with E-state index in [0.29, 0.717) is 0 Å². The molecule has 6 nitrogen and oxygen atoms in total. The number of carboxylic acids is 1. The minimum Gasteiger partial charge on any atom is -0.476 e. The molecule has 14 heavy (non-hydrogen) atoms. The summed E-state index contributed by atoms with van der Waals surface area (Å²) < 4.78 is 1.47. The number of carbonyl (C=O) groups is 1. The fourth-order valence-electron chi connectivity index (χ4n) is 1.64. The Morgan fingerprint density at radius 1 is 1.64 bits per heavy atom. The molecule has 1 saturated carbocycles. The molecule has 1 aliphatic carbocycles. The summed E-state index contributed by atoms with van der Waals surface area (Å²) >= 11 is 0.